The van der Waals surface area contributed by atoms with E-state index >= 15 is 0 Å². The highest BCUT2D eigenvalue weighted by atomic mass is 16.3. The van der Waals surface area contributed by atoms with Gasteiger partial charge in [-0.05, 0) is 24.8 Å². The fourth-order valence-electron chi connectivity index (χ4n) is 1.27. The lowest BCUT2D eigenvalue weighted by Gasteiger charge is -2.08. The van der Waals surface area contributed by atoms with Gasteiger partial charge in [0.15, 0.2) is 0 Å². The Morgan fingerprint density at radius 3 is 3.00 bits per heavy atom. The number of rotatable bonds is 6. The van der Waals surface area contributed by atoms with Gasteiger partial charge < -0.3 is 10.4 Å². The zero-order chi connectivity index (χ0) is 11.8. The summed E-state index contributed by atoms with van der Waals surface area (Å²) in [5.74, 6) is 0.158. The fourth-order valence-corrected chi connectivity index (χ4v) is 1.27. The SMILES string of the molecule is CC(CO)CCCNC(=O)c1ccnnc1. The number of amides is 1. The molecular weight excluding hydrogens is 206 g/mol. The van der Waals surface area contributed by atoms with Gasteiger partial charge in [-0.1, -0.05) is 6.92 Å². The lowest BCUT2D eigenvalue weighted by molar-refractivity contribution is 0.0951. The molecule has 1 unspecified atom stereocenters. The quantitative estimate of drug-likeness (QED) is 0.693. The number of carbonyl (C=O) groups excluding carboxylic acids is 1. The number of hydrogen-bond donors (Lipinski definition) is 2. The van der Waals surface area contributed by atoms with E-state index in [1.807, 2.05) is 6.92 Å². The Morgan fingerprint density at radius 2 is 2.38 bits per heavy atom. The van der Waals surface area contributed by atoms with Crippen molar-refractivity contribution in [1.29, 1.82) is 0 Å². The van der Waals surface area contributed by atoms with Gasteiger partial charge >= 0.3 is 0 Å². The van der Waals surface area contributed by atoms with E-state index in [0.717, 1.165) is 12.8 Å². The molecule has 5 heteroatoms. The Balaban J connectivity index is 2.21. The van der Waals surface area contributed by atoms with Gasteiger partial charge in [0.05, 0.1) is 18.0 Å². The van der Waals surface area contributed by atoms with Gasteiger partial charge in [0.2, 0.25) is 0 Å². The van der Waals surface area contributed by atoms with Crippen molar-refractivity contribution in [2.24, 2.45) is 5.92 Å². The maximum atomic E-state index is 11.5. The number of hydrogen-bond acceptors (Lipinski definition) is 4. The minimum Gasteiger partial charge on any atom is -0.396 e. The Hall–Kier alpha value is -1.49. The molecule has 1 aromatic rings. The van der Waals surface area contributed by atoms with E-state index < -0.39 is 0 Å². The van der Waals surface area contributed by atoms with E-state index in [2.05, 4.69) is 15.5 Å². The molecule has 0 aliphatic rings. The summed E-state index contributed by atoms with van der Waals surface area (Å²) in [6, 6.07) is 1.62. The van der Waals surface area contributed by atoms with Crippen LogP contribution in [0.3, 0.4) is 0 Å². The molecule has 0 spiro atoms. The van der Waals surface area contributed by atoms with Crippen LogP contribution in [0.5, 0.6) is 0 Å². The van der Waals surface area contributed by atoms with E-state index in [9.17, 15) is 4.79 Å². The molecule has 1 heterocycles. The average Bonchev–Trinajstić information content (AvgIpc) is 2.35. The number of aliphatic hydroxyl groups excluding tert-OH is 1. The molecule has 0 saturated heterocycles. The van der Waals surface area contributed by atoms with E-state index in [-0.39, 0.29) is 12.5 Å². The van der Waals surface area contributed by atoms with Crippen LogP contribution in [-0.4, -0.2) is 34.4 Å². The summed E-state index contributed by atoms with van der Waals surface area (Å²) in [5, 5.41) is 18.8. The molecule has 88 valence electrons. The first-order valence-electron chi connectivity index (χ1n) is 5.39. The summed E-state index contributed by atoms with van der Waals surface area (Å²) in [6.45, 7) is 2.79. The minimum absolute atomic E-state index is 0.133. The molecule has 1 rings (SSSR count). The molecule has 2 N–H and O–H groups in total. The molecule has 0 radical (unpaired) electrons. The van der Waals surface area contributed by atoms with Crippen LogP contribution in [0.4, 0.5) is 0 Å². The van der Waals surface area contributed by atoms with Gasteiger partial charge in [-0.25, -0.2) is 0 Å². The van der Waals surface area contributed by atoms with Crippen molar-refractivity contribution < 1.29 is 9.90 Å². The molecule has 0 aromatic carbocycles. The molecular formula is C11H17N3O2. The van der Waals surface area contributed by atoms with E-state index in [1.54, 1.807) is 6.07 Å². The third-order valence-corrected chi connectivity index (χ3v) is 2.32. The zero-order valence-corrected chi connectivity index (χ0v) is 9.39. The van der Waals surface area contributed by atoms with Crippen LogP contribution in [-0.2, 0) is 0 Å². The smallest absolute Gasteiger partial charge is 0.252 e. The van der Waals surface area contributed by atoms with Gasteiger partial charge in [-0.3, -0.25) is 4.79 Å². The van der Waals surface area contributed by atoms with Crippen molar-refractivity contribution in [3.05, 3.63) is 24.0 Å². The molecule has 5 nitrogen and oxygen atoms in total. The second-order valence-electron chi connectivity index (χ2n) is 3.82. The highest BCUT2D eigenvalue weighted by molar-refractivity contribution is 5.93. The highest BCUT2D eigenvalue weighted by Gasteiger charge is 2.04. The molecule has 1 amide bonds. The maximum Gasteiger partial charge on any atom is 0.252 e. The molecule has 0 aliphatic heterocycles. The molecule has 1 atom stereocenters. The normalized spacial score (nSPS) is 12.1. The molecule has 0 saturated carbocycles. The van der Waals surface area contributed by atoms with Crippen LogP contribution >= 0.6 is 0 Å². The summed E-state index contributed by atoms with van der Waals surface area (Å²) in [4.78, 5) is 11.5. The van der Waals surface area contributed by atoms with Crippen LogP contribution < -0.4 is 5.32 Å². The predicted molar refractivity (Wildman–Crippen MR) is 59.8 cm³/mol. The highest BCUT2D eigenvalue weighted by Crippen LogP contribution is 2.03. The fraction of sp³-hybridized carbons (Fsp3) is 0.545. The van der Waals surface area contributed by atoms with Crippen LogP contribution in [0.25, 0.3) is 0 Å². The van der Waals surface area contributed by atoms with Gasteiger partial charge in [-0.15, -0.1) is 0 Å². The number of nitrogens with zero attached hydrogens (tertiary/aromatic N) is 2. The summed E-state index contributed by atoms with van der Waals surface area (Å²) < 4.78 is 0. The van der Waals surface area contributed by atoms with Crippen LogP contribution in [0.15, 0.2) is 18.5 Å². The van der Waals surface area contributed by atoms with Gasteiger partial charge in [0.25, 0.3) is 5.91 Å². The van der Waals surface area contributed by atoms with Crippen molar-refractivity contribution >= 4 is 5.91 Å². The predicted octanol–water partition coefficient (Wildman–Crippen LogP) is 0.615. The van der Waals surface area contributed by atoms with Crippen molar-refractivity contribution in [2.45, 2.75) is 19.8 Å². The Morgan fingerprint density at radius 1 is 1.56 bits per heavy atom. The molecule has 1 aromatic heterocycles. The van der Waals surface area contributed by atoms with Crippen molar-refractivity contribution in [3.63, 3.8) is 0 Å². The number of nitrogens with one attached hydrogen (secondary N) is 1. The third kappa shape index (κ3) is 4.35. The molecule has 16 heavy (non-hydrogen) atoms. The van der Waals surface area contributed by atoms with Crippen LogP contribution in [0.2, 0.25) is 0 Å². The lowest BCUT2D eigenvalue weighted by atomic mass is 10.1. The minimum atomic E-state index is -0.133. The largest absolute Gasteiger partial charge is 0.396 e. The third-order valence-electron chi connectivity index (χ3n) is 2.32. The van der Waals surface area contributed by atoms with E-state index in [4.69, 9.17) is 5.11 Å². The summed E-state index contributed by atoms with van der Waals surface area (Å²) in [5.41, 5.74) is 0.519. The first-order valence-corrected chi connectivity index (χ1v) is 5.39. The van der Waals surface area contributed by atoms with E-state index in [1.165, 1.54) is 12.4 Å². The first kappa shape index (κ1) is 12.6. The second kappa shape index (κ2) is 6.90. The van der Waals surface area contributed by atoms with Crippen LogP contribution in [0, 0.1) is 5.92 Å². The summed E-state index contributed by atoms with van der Waals surface area (Å²) >= 11 is 0. The van der Waals surface area contributed by atoms with Crippen molar-refractivity contribution in [2.75, 3.05) is 13.2 Å². The Bertz CT molecular complexity index is 316. The van der Waals surface area contributed by atoms with Crippen molar-refractivity contribution in [1.82, 2.24) is 15.5 Å². The molecule has 0 aliphatic carbocycles. The van der Waals surface area contributed by atoms with Crippen LogP contribution in [0.1, 0.15) is 30.1 Å². The van der Waals surface area contributed by atoms with E-state index in [0.29, 0.717) is 18.0 Å². The number of aliphatic hydroxyl groups is 1. The Labute approximate surface area is 94.9 Å². The standard InChI is InChI=1S/C11H17N3O2/c1-9(8-15)3-2-5-12-11(16)10-4-6-13-14-7-10/h4,6-7,9,15H,2-3,5,8H2,1H3,(H,12,16). The second-order valence-corrected chi connectivity index (χ2v) is 3.82. The Kier molecular flexibility index (Phi) is 5.42. The lowest BCUT2D eigenvalue weighted by Crippen LogP contribution is -2.25. The van der Waals surface area contributed by atoms with Gasteiger partial charge in [0.1, 0.15) is 0 Å². The first-order chi connectivity index (χ1) is 7.74. The zero-order valence-electron chi connectivity index (χ0n) is 9.39. The van der Waals surface area contributed by atoms with Crippen molar-refractivity contribution in [3.8, 4) is 0 Å². The maximum absolute atomic E-state index is 11.5. The van der Waals surface area contributed by atoms with Gasteiger partial charge in [-0.2, -0.15) is 10.2 Å². The molecule has 0 bridgehead atoms. The number of carbonyl (C=O) groups is 1. The van der Waals surface area contributed by atoms with Gasteiger partial charge in [0, 0.05) is 13.2 Å². The topological polar surface area (TPSA) is 75.1 Å². The monoisotopic (exact) mass is 223 g/mol. The summed E-state index contributed by atoms with van der Waals surface area (Å²) in [7, 11) is 0. The average molecular weight is 223 g/mol. The molecule has 0 fully saturated rings. The number of aromatic nitrogens is 2. The summed E-state index contributed by atoms with van der Waals surface area (Å²) in [6.07, 6.45) is 4.70.